The zero-order valence-electron chi connectivity index (χ0n) is 13.0. The molecule has 1 aromatic carbocycles. The van der Waals surface area contributed by atoms with E-state index in [2.05, 4.69) is 16.0 Å². The molecule has 0 spiro atoms. The zero-order valence-corrected chi connectivity index (χ0v) is 13.9. The Kier molecular flexibility index (Phi) is 6.77. The van der Waals surface area contributed by atoms with Crippen molar-refractivity contribution in [1.29, 1.82) is 0 Å². The smallest absolute Gasteiger partial charge is 0.239 e. The average molecular weight is 331 g/mol. The van der Waals surface area contributed by atoms with Crippen molar-refractivity contribution in [2.45, 2.75) is 13.0 Å². The Morgan fingerprint density at radius 1 is 1.00 bits per heavy atom. The van der Waals surface area contributed by atoms with Crippen LogP contribution in [0.15, 0.2) is 47.8 Å². The number of rotatable bonds is 8. The van der Waals surface area contributed by atoms with Crippen molar-refractivity contribution in [1.82, 2.24) is 16.0 Å². The Balaban J connectivity index is 1.92. The Morgan fingerprint density at radius 3 is 2.39 bits per heavy atom. The van der Waals surface area contributed by atoms with Crippen LogP contribution in [0.3, 0.4) is 0 Å². The first-order chi connectivity index (χ1) is 11.2. The van der Waals surface area contributed by atoms with Gasteiger partial charge in [-0.3, -0.25) is 14.9 Å². The first-order valence-electron chi connectivity index (χ1n) is 7.55. The number of nitrogens with one attached hydrogen (secondary N) is 3. The summed E-state index contributed by atoms with van der Waals surface area (Å²) >= 11 is 1.64. The molecular weight excluding hydrogens is 310 g/mol. The third-order valence-electron chi connectivity index (χ3n) is 3.25. The van der Waals surface area contributed by atoms with E-state index in [-0.39, 0.29) is 30.9 Å². The summed E-state index contributed by atoms with van der Waals surface area (Å²) in [5.41, 5.74) is 1.10. The quantitative estimate of drug-likeness (QED) is 0.689. The van der Waals surface area contributed by atoms with Gasteiger partial charge in [0.2, 0.25) is 11.8 Å². The second-order valence-corrected chi connectivity index (χ2v) is 5.95. The van der Waals surface area contributed by atoms with Gasteiger partial charge in [-0.25, -0.2) is 0 Å². The SMILES string of the molecule is CCNC(=O)CNC(=O)CN[C@H](c1ccccc1)c1cccs1. The summed E-state index contributed by atoms with van der Waals surface area (Å²) in [6.45, 7) is 2.55. The van der Waals surface area contributed by atoms with Gasteiger partial charge in [-0.15, -0.1) is 11.3 Å². The maximum Gasteiger partial charge on any atom is 0.239 e. The van der Waals surface area contributed by atoms with Crippen LogP contribution in [0.5, 0.6) is 0 Å². The summed E-state index contributed by atoms with van der Waals surface area (Å²) in [5, 5.41) is 10.5. The molecule has 1 atom stereocenters. The number of likely N-dealkylation sites (N-methyl/N-ethyl adjacent to an activating group) is 1. The third kappa shape index (κ3) is 5.50. The minimum atomic E-state index is -0.200. The molecule has 0 bridgehead atoms. The molecule has 2 amide bonds. The molecule has 0 aliphatic heterocycles. The molecule has 0 aliphatic rings. The molecule has 5 nitrogen and oxygen atoms in total. The highest BCUT2D eigenvalue weighted by Crippen LogP contribution is 2.25. The number of amides is 2. The van der Waals surface area contributed by atoms with Gasteiger partial charge in [0, 0.05) is 11.4 Å². The number of benzene rings is 1. The van der Waals surface area contributed by atoms with Crippen LogP contribution < -0.4 is 16.0 Å². The summed E-state index contributed by atoms with van der Waals surface area (Å²) in [7, 11) is 0. The summed E-state index contributed by atoms with van der Waals surface area (Å²) in [4.78, 5) is 24.4. The highest BCUT2D eigenvalue weighted by molar-refractivity contribution is 7.10. The highest BCUT2D eigenvalue weighted by Gasteiger charge is 2.16. The molecule has 23 heavy (non-hydrogen) atoms. The molecule has 0 saturated carbocycles. The van der Waals surface area contributed by atoms with Crippen molar-refractivity contribution in [2.24, 2.45) is 0 Å². The number of thiophene rings is 1. The first kappa shape index (κ1) is 17.2. The van der Waals surface area contributed by atoms with Crippen molar-refractivity contribution in [3.8, 4) is 0 Å². The van der Waals surface area contributed by atoms with Gasteiger partial charge < -0.3 is 10.6 Å². The molecule has 0 saturated heterocycles. The first-order valence-corrected chi connectivity index (χ1v) is 8.43. The van der Waals surface area contributed by atoms with Crippen LogP contribution in [0.4, 0.5) is 0 Å². The molecule has 6 heteroatoms. The minimum absolute atomic E-state index is 0.00333. The lowest BCUT2D eigenvalue weighted by molar-refractivity contribution is -0.125. The van der Waals surface area contributed by atoms with Gasteiger partial charge in [-0.2, -0.15) is 0 Å². The van der Waals surface area contributed by atoms with E-state index >= 15 is 0 Å². The van der Waals surface area contributed by atoms with Crippen LogP contribution in [-0.4, -0.2) is 31.4 Å². The highest BCUT2D eigenvalue weighted by atomic mass is 32.1. The molecule has 2 aromatic rings. The van der Waals surface area contributed by atoms with Gasteiger partial charge in [0.05, 0.1) is 19.1 Å². The lowest BCUT2D eigenvalue weighted by Gasteiger charge is -2.18. The minimum Gasteiger partial charge on any atom is -0.355 e. The molecule has 2 rings (SSSR count). The molecule has 122 valence electrons. The summed E-state index contributed by atoms with van der Waals surface area (Å²) < 4.78 is 0. The largest absolute Gasteiger partial charge is 0.355 e. The fourth-order valence-electron chi connectivity index (χ4n) is 2.18. The Bertz CT molecular complexity index is 614. The summed E-state index contributed by atoms with van der Waals surface area (Å²) in [6, 6.07) is 14.0. The van der Waals surface area contributed by atoms with E-state index in [4.69, 9.17) is 0 Å². The van der Waals surface area contributed by atoms with Gasteiger partial charge in [0.25, 0.3) is 0 Å². The maximum absolute atomic E-state index is 11.9. The monoisotopic (exact) mass is 331 g/mol. The standard InChI is InChI=1S/C17H21N3O2S/c1-2-18-15(21)11-19-16(22)12-20-17(14-9-6-10-23-14)13-7-4-3-5-8-13/h3-10,17,20H,2,11-12H2,1H3,(H,18,21)(H,19,22)/t17-/m1/s1. The van der Waals surface area contributed by atoms with E-state index < -0.39 is 0 Å². The van der Waals surface area contributed by atoms with Crippen LogP contribution in [0.2, 0.25) is 0 Å². The summed E-state index contributed by atoms with van der Waals surface area (Å²) in [6.07, 6.45) is 0. The van der Waals surface area contributed by atoms with Gasteiger partial charge in [-0.1, -0.05) is 36.4 Å². The van der Waals surface area contributed by atoms with Crippen molar-refractivity contribution < 1.29 is 9.59 Å². The topological polar surface area (TPSA) is 70.2 Å². The van der Waals surface area contributed by atoms with Crippen LogP contribution in [-0.2, 0) is 9.59 Å². The van der Waals surface area contributed by atoms with Gasteiger partial charge in [-0.05, 0) is 23.9 Å². The Morgan fingerprint density at radius 2 is 1.74 bits per heavy atom. The van der Waals surface area contributed by atoms with E-state index in [0.29, 0.717) is 6.54 Å². The number of carbonyl (C=O) groups is 2. The normalized spacial score (nSPS) is 11.7. The molecule has 1 heterocycles. The molecule has 0 radical (unpaired) electrons. The lowest BCUT2D eigenvalue weighted by atomic mass is 10.1. The van der Waals surface area contributed by atoms with Crippen LogP contribution in [0.1, 0.15) is 23.4 Å². The molecule has 0 fully saturated rings. The van der Waals surface area contributed by atoms with E-state index in [0.717, 1.165) is 10.4 Å². The van der Waals surface area contributed by atoms with E-state index in [1.54, 1.807) is 11.3 Å². The lowest BCUT2D eigenvalue weighted by Crippen LogP contribution is -2.41. The van der Waals surface area contributed by atoms with E-state index in [1.807, 2.05) is 54.8 Å². The number of carbonyl (C=O) groups excluding carboxylic acids is 2. The second kappa shape index (κ2) is 9.07. The second-order valence-electron chi connectivity index (χ2n) is 4.97. The maximum atomic E-state index is 11.9. The Hall–Kier alpha value is -2.18. The van der Waals surface area contributed by atoms with Crippen LogP contribution in [0.25, 0.3) is 0 Å². The van der Waals surface area contributed by atoms with Gasteiger partial charge in [0.15, 0.2) is 0 Å². The average Bonchev–Trinajstić information content (AvgIpc) is 3.09. The number of hydrogen-bond acceptors (Lipinski definition) is 4. The van der Waals surface area contributed by atoms with Gasteiger partial charge in [0.1, 0.15) is 0 Å². The molecule has 0 aliphatic carbocycles. The van der Waals surface area contributed by atoms with Crippen molar-refractivity contribution in [2.75, 3.05) is 19.6 Å². The molecule has 0 unspecified atom stereocenters. The van der Waals surface area contributed by atoms with E-state index in [1.165, 1.54) is 0 Å². The van der Waals surface area contributed by atoms with Gasteiger partial charge >= 0.3 is 0 Å². The Labute approximate surface area is 140 Å². The van der Waals surface area contributed by atoms with Crippen molar-refractivity contribution >= 4 is 23.2 Å². The summed E-state index contributed by atoms with van der Waals surface area (Å²) in [5.74, 6) is -0.382. The van der Waals surface area contributed by atoms with Crippen LogP contribution in [0, 0.1) is 0 Å². The van der Waals surface area contributed by atoms with Crippen molar-refractivity contribution in [3.63, 3.8) is 0 Å². The van der Waals surface area contributed by atoms with Crippen molar-refractivity contribution in [3.05, 3.63) is 58.3 Å². The zero-order chi connectivity index (χ0) is 16.5. The molecule has 1 aromatic heterocycles. The number of hydrogen-bond donors (Lipinski definition) is 3. The molecule has 3 N–H and O–H groups in total. The fourth-order valence-corrected chi connectivity index (χ4v) is 3.01. The van der Waals surface area contributed by atoms with Crippen LogP contribution >= 0.6 is 11.3 Å². The molecular formula is C17H21N3O2S. The van der Waals surface area contributed by atoms with E-state index in [9.17, 15) is 9.59 Å². The predicted octanol–water partition coefficient (Wildman–Crippen LogP) is 1.68. The predicted molar refractivity (Wildman–Crippen MR) is 92.3 cm³/mol. The third-order valence-corrected chi connectivity index (χ3v) is 4.18. The fraction of sp³-hybridized carbons (Fsp3) is 0.294.